The van der Waals surface area contributed by atoms with Gasteiger partial charge in [0.2, 0.25) is 0 Å². The van der Waals surface area contributed by atoms with Gasteiger partial charge in [-0.25, -0.2) is 0 Å². The van der Waals surface area contributed by atoms with Crippen LogP contribution in [0.2, 0.25) is 0 Å². The van der Waals surface area contributed by atoms with Gasteiger partial charge in [-0.05, 0) is 59.2 Å². The second kappa shape index (κ2) is 7.49. The smallest absolute Gasteiger partial charge is 0.0356 e. The molecule has 0 spiro atoms. The van der Waals surface area contributed by atoms with Crippen LogP contribution in [0.5, 0.6) is 0 Å². The lowest BCUT2D eigenvalue weighted by Crippen LogP contribution is -2.59. The molecule has 0 aromatic heterocycles. The summed E-state index contributed by atoms with van der Waals surface area (Å²) in [5.74, 6) is 0.922. The van der Waals surface area contributed by atoms with Gasteiger partial charge in [-0.3, -0.25) is 0 Å². The number of rotatable bonds is 7. The predicted molar refractivity (Wildman–Crippen MR) is 81.0 cm³/mol. The van der Waals surface area contributed by atoms with Gasteiger partial charge in [-0.2, -0.15) is 0 Å². The van der Waals surface area contributed by atoms with Crippen LogP contribution in [0.3, 0.4) is 0 Å². The average molecular weight is 254 g/mol. The van der Waals surface area contributed by atoms with Crippen LogP contribution in [-0.2, 0) is 0 Å². The molecule has 0 bridgehead atoms. The lowest BCUT2D eigenvalue weighted by Gasteiger charge is -2.50. The SMILES string of the molecule is CCCCCC(NC)C1(N(C)C)CCC(C)CC1. The van der Waals surface area contributed by atoms with E-state index in [0.29, 0.717) is 11.6 Å². The lowest BCUT2D eigenvalue weighted by molar-refractivity contribution is 0.0422. The molecule has 1 aliphatic rings. The Bertz CT molecular complexity index is 217. The molecule has 1 unspecified atom stereocenters. The Morgan fingerprint density at radius 3 is 2.28 bits per heavy atom. The summed E-state index contributed by atoms with van der Waals surface area (Å²) in [5, 5.41) is 3.63. The van der Waals surface area contributed by atoms with Crippen molar-refractivity contribution in [3.8, 4) is 0 Å². The van der Waals surface area contributed by atoms with Crippen LogP contribution in [-0.4, -0.2) is 37.6 Å². The second-order valence-electron chi connectivity index (χ2n) is 6.52. The first-order valence-electron chi connectivity index (χ1n) is 7.91. The van der Waals surface area contributed by atoms with E-state index >= 15 is 0 Å². The quantitative estimate of drug-likeness (QED) is 0.697. The third kappa shape index (κ3) is 3.71. The summed E-state index contributed by atoms with van der Waals surface area (Å²) in [6, 6.07) is 0.659. The molecule has 0 saturated heterocycles. The van der Waals surface area contributed by atoms with Crippen molar-refractivity contribution >= 4 is 0 Å². The maximum absolute atomic E-state index is 3.63. The molecule has 1 N–H and O–H groups in total. The van der Waals surface area contributed by atoms with E-state index in [-0.39, 0.29) is 0 Å². The number of nitrogens with one attached hydrogen (secondary N) is 1. The Labute approximate surface area is 115 Å². The predicted octanol–water partition coefficient (Wildman–Crippen LogP) is 3.67. The summed E-state index contributed by atoms with van der Waals surface area (Å²) in [5.41, 5.74) is 0.398. The number of likely N-dealkylation sites (N-methyl/N-ethyl adjacent to an activating group) is 2. The Morgan fingerprint density at radius 2 is 1.83 bits per heavy atom. The molecule has 0 aromatic carbocycles. The van der Waals surface area contributed by atoms with Crippen molar-refractivity contribution in [3.63, 3.8) is 0 Å². The van der Waals surface area contributed by atoms with E-state index in [1.54, 1.807) is 0 Å². The minimum absolute atomic E-state index is 0.398. The first-order valence-corrected chi connectivity index (χ1v) is 7.91. The van der Waals surface area contributed by atoms with Gasteiger partial charge in [-0.15, -0.1) is 0 Å². The van der Waals surface area contributed by atoms with Crippen LogP contribution >= 0.6 is 0 Å². The van der Waals surface area contributed by atoms with Gasteiger partial charge in [0.05, 0.1) is 0 Å². The second-order valence-corrected chi connectivity index (χ2v) is 6.52. The van der Waals surface area contributed by atoms with E-state index in [1.807, 2.05) is 0 Å². The Kier molecular flexibility index (Phi) is 6.65. The van der Waals surface area contributed by atoms with Gasteiger partial charge < -0.3 is 10.2 Å². The number of nitrogens with zero attached hydrogens (tertiary/aromatic N) is 1. The number of unbranched alkanes of at least 4 members (excludes halogenated alkanes) is 2. The summed E-state index contributed by atoms with van der Waals surface area (Å²) in [6.07, 6.45) is 10.9. The van der Waals surface area contributed by atoms with Crippen LogP contribution in [0.1, 0.15) is 65.2 Å². The van der Waals surface area contributed by atoms with E-state index in [9.17, 15) is 0 Å². The normalized spacial score (nSPS) is 30.7. The molecule has 2 nitrogen and oxygen atoms in total. The zero-order valence-corrected chi connectivity index (χ0v) is 13.3. The van der Waals surface area contributed by atoms with Crippen molar-refractivity contribution in [1.82, 2.24) is 10.2 Å². The van der Waals surface area contributed by atoms with Crippen molar-refractivity contribution < 1.29 is 0 Å². The first kappa shape index (κ1) is 16.0. The largest absolute Gasteiger partial charge is 0.315 e. The zero-order chi connectivity index (χ0) is 13.6. The molecule has 108 valence electrons. The first-order chi connectivity index (χ1) is 8.56. The van der Waals surface area contributed by atoms with Gasteiger partial charge in [-0.1, -0.05) is 33.1 Å². The van der Waals surface area contributed by atoms with E-state index < -0.39 is 0 Å². The summed E-state index contributed by atoms with van der Waals surface area (Å²) >= 11 is 0. The molecular weight excluding hydrogens is 220 g/mol. The minimum Gasteiger partial charge on any atom is -0.315 e. The number of hydrogen-bond donors (Lipinski definition) is 1. The number of hydrogen-bond acceptors (Lipinski definition) is 2. The van der Waals surface area contributed by atoms with E-state index in [4.69, 9.17) is 0 Å². The Balaban J connectivity index is 2.68. The van der Waals surface area contributed by atoms with Crippen molar-refractivity contribution in [2.45, 2.75) is 76.8 Å². The van der Waals surface area contributed by atoms with Crippen molar-refractivity contribution in [2.24, 2.45) is 5.92 Å². The third-order valence-corrected chi connectivity index (χ3v) is 5.12. The fourth-order valence-electron chi connectivity index (χ4n) is 3.65. The topological polar surface area (TPSA) is 15.3 Å². The molecule has 0 amide bonds. The lowest BCUT2D eigenvalue weighted by atomic mass is 9.71. The molecule has 1 rings (SSSR count). The molecular formula is C16H34N2. The maximum Gasteiger partial charge on any atom is 0.0356 e. The zero-order valence-electron chi connectivity index (χ0n) is 13.3. The standard InChI is InChI=1S/C16H34N2/c1-6-7-8-9-15(17-3)16(18(4)5)12-10-14(2)11-13-16/h14-15,17H,6-13H2,1-5H3. The van der Waals surface area contributed by atoms with E-state index in [0.717, 1.165) is 5.92 Å². The molecule has 18 heavy (non-hydrogen) atoms. The Morgan fingerprint density at radius 1 is 1.22 bits per heavy atom. The minimum atomic E-state index is 0.398. The fraction of sp³-hybridized carbons (Fsp3) is 1.00. The molecule has 0 aromatic rings. The molecule has 0 radical (unpaired) electrons. The highest BCUT2D eigenvalue weighted by Gasteiger charge is 2.41. The summed E-state index contributed by atoms with van der Waals surface area (Å²) in [7, 11) is 6.71. The van der Waals surface area contributed by atoms with Crippen molar-refractivity contribution in [1.29, 1.82) is 0 Å². The van der Waals surface area contributed by atoms with Gasteiger partial charge >= 0.3 is 0 Å². The molecule has 1 atom stereocenters. The fourth-order valence-corrected chi connectivity index (χ4v) is 3.65. The highest BCUT2D eigenvalue weighted by atomic mass is 15.2. The highest BCUT2D eigenvalue weighted by molar-refractivity contribution is 5.00. The van der Waals surface area contributed by atoms with Crippen molar-refractivity contribution in [3.05, 3.63) is 0 Å². The van der Waals surface area contributed by atoms with Gasteiger partial charge in [0.25, 0.3) is 0 Å². The van der Waals surface area contributed by atoms with Crippen LogP contribution in [0.25, 0.3) is 0 Å². The average Bonchev–Trinajstić information content (AvgIpc) is 2.36. The van der Waals surface area contributed by atoms with E-state index in [1.165, 1.54) is 51.4 Å². The Hall–Kier alpha value is -0.0800. The summed E-state index contributed by atoms with van der Waals surface area (Å²) in [4.78, 5) is 2.51. The summed E-state index contributed by atoms with van der Waals surface area (Å²) in [6.45, 7) is 4.70. The molecule has 0 heterocycles. The maximum atomic E-state index is 3.63. The molecule has 1 aliphatic carbocycles. The van der Waals surface area contributed by atoms with Crippen molar-refractivity contribution in [2.75, 3.05) is 21.1 Å². The molecule has 1 fully saturated rings. The van der Waals surface area contributed by atoms with Gasteiger partial charge in [0.1, 0.15) is 0 Å². The molecule has 2 heteroatoms. The molecule has 1 saturated carbocycles. The summed E-state index contributed by atoms with van der Waals surface area (Å²) < 4.78 is 0. The third-order valence-electron chi connectivity index (χ3n) is 5.12. The van der Waals surface area contributed by atoms with E-state index in [2.05, 4.69) is 45.2 Å². The van der Waals surface area contributed by atoms with Crippen LogP contribution in [0.4, 0.5) is 0 Å². The van der Waals surface area contributed by atoms with Crippen LogP contribution in [0, 0.1) is 5.92 Å². The van der Waals surface area contributed by atoms with Gasteiger partial charge in [0, 0.05) is 11.6 Å². The highest BCUT2D eigenvalue weighted by Crippen LogP contribution is 2.39. The van der Waals surface area contributed by atoms with Crippen LogP contribution < -0.4 is 5.32 Å². The van der Waals surface area contributed by atoms with Crippen LogP contribution in [0.15, 0.2) is 0 Å². The van der Waals surface area contributed by atoms with Gasteiger partial charge in [0.15, 0.2) is 0 Å². The monoisotopic (exact) mass is 254 g/mol. The molecule has 0 aliphatic heterocycles.